The van der Waals surface area contributed by atoms with Crippen molar-refractivity contribution in [2.45, 2.75) is 13.0 Å². The Morgan fingerprint density at radius 1 is 1.18 bits per heavy atom. The van der Waals surface area contributed by atoms with Crippen molar-refractivity contribution in [2.75, 3.05) is 26.9 Å². The second kappa shape index (κ2) is 8.75. The summed E-state index contributed by atoms with van der Waals surface area (Å²) in [5.74, 6) is -0.689. The van der Waals surface area contributed by atoms with Crippen molar-refractivity contribution in [1.82, 2.24) is 10.6 Å². The zero-order valence-electron chi connectivity index (χ0n) is 16.0. The molecule has 1 saturated heterocycles. The first kappa shape index (κ1) is 19.7. The van der Waals surface area contributed by atoms with Gasteiger partial charge in [-0.3, -0.25) is 4.79 Å². The van der Waals surface area contributed by atoms with Gasteiger partial charge in [0.2, 0.25) is 0 Å². The van der Waals surface area contributed by atoms with Crippen molar-refractivity contribution < 1.29 is 23.8 Å². The van der Waals surface area contributed by atoms with E-state index in [1.165, 1.54) is 7.11 Å². The number of rotatable bonds is 7. The fourth-order valence-electron chi connectivity index (χ4n) is 3.40. The van der Waals surface area contributed by atoms with Gasteiger partial charge in [-0.15, -0.1) is 0 Å². The van der Waals surface area contributed by atoms with Crippen LogP contribution in [-0.4, -0.2) is 38.9 Å². The molecule has 0 aromatic heterocycles. The Balaban J connectivity index is 2.09. The molecule has 0 saturated carbocycles. The average molecular weight is 384 g/mol. The third kappa shape index (κ3) is 3.94. The van der Waals surface area contributed by atoms with E-state index in [1.54, 1.807) is 0 Å². The van der Waals surface area contributed by atoms with Crippen LogP contribution in [0.2, 0.25) is 0 Å². The van der Waals surface area contributed by atoms with Crippen molar-refractivity contribution in [3.8, 4) is 5.75 Å². The Bertz CT molecular complexity index is 895. The van der Waals surface area contributed by atoms with Gasteiger partial charge in [-0.05, 0) is 23.8 Å². The van der Waals surface area contributed by atoms with Crippen LogP contribution in [0.3, 0.4) is 0 Å². The molecule has 0 radical (unpaired) electrons. The molecule has 2 N–H and O–H groups in total. The van der Waals surface area contributed by atoms with E-state index in [-0.39, 0.29) is 18.9 Å². The molecular weight excluding hydrogens is 360 g/mol. The molecule has 1 heterocycles. The standard InChI is InChI=1S/C21H24N2O5/c1-4-27-16-10-9-14-7-5-6-8-15(14)18(16)19-17(13(2)22-21(25)23-19)20(24)28-12-11-26-3/h5-10,17,19H,2,4,11-12H2,1,3H3,(H2,22,23,25)/t17-,19-/m0/s1. The van der Waals surface area contributed by atoms with Gasteiger partial charge in [-0.25, -0.2) is 4.79 Å². The largest absolute Gasteiger partial charge is 0.493 e. The summed E-state index contributed by atoms with van der Waals surface area (Å²) in [5, 5.41) is 7.30. The molecule has 2 atom stereocenters. The number of hydrogen-bond donors (Lipinski definition) is 2. The zero-order valence-corrected chi connectivity index (χ0v) is 16.0. The summed E-state index contributed by atoms with van der Waals surface area (Å²) in [4.78, 5) is 25.0. The van der Waals surface area contributed by atoms with Crippen LogP contribution >= 0.6 is 0 Å². The lowest BCUT2D eigenvalue weighted by Gasteiger charge is -2.34. The van der Waals surface area contributed by atoms with E-state index in [0.29, 0.717) is 12.4 Å². The lowest BCUT2D eigenvalue weighted by molar-refractivity contribution is -0.149. The zero-order chi connectivity index (χ0) is 20.1. The topological polar surface area (TPSA) is 85.9 Å². The number of hydrogen-bond acceptors (Lipinski definition) is 5. The highest BCUT2D eigenvalue weighted by molar-refractivity contribution is 5.92. The first-order valence-electron chi connectivity index (χ1n) is 9.13. The van der Waals surface area contributed by atoms with E-state index in [4.69, 9.17) is 14.2 Å². The molecule has 7 nitrogen and oxygen atoms in total. The van der Waals surface area contributed by atoms with Gasteiger partial charge < -0.3 is 24.8 Å². The van der Waals surface area contributed by atoms with Gasteiger partial charge >= 0.3 is 12.0 Å². The van der Waals surface area contributed by atoms with Crippen molar-refractivity contribution in [3.05, 3.63) is 54.2 Å². The van der Waals surface area contributed by atoms with E-state index < -0.39 is 24.0 Å². The van der Waals surface area contributed by atoms with Gasteiger partial charge in [0.15, 0.2) is 0 Å². The van der Waals surface area contributed by atoms with Gasteiger partial charge in [0.1, 0.15) is 18.3 Å². The lowest BCUT2D eigenvalue weighted by atomic mass is 9.86. The summed E-state index contributed by atoms with van der Waals surface area (Å²) in [6.45, 7) is 6.62. The number of nitrogens with one attached hydrogen (secondary N) is 2. The SMILES string of the molecule is C=C1NC(=O)N[C@H](c2c(OCC)ccc3ccccc23)[C@H]1C(=O)OCCOC. The van der Waals surface area contributed by atoms with Crippen LogP contribution in [0.1, 0.15) is 18.5 Å². The van der Waals surface area contributed by atoms with E-state index in [1.807, 2.05) is 43.3 Å². The predicted molar refractivity (Wildman–Crippen MR) is 105 cm³/mol. The summed E-state index contributed by atoms with van der Waals surface area (Å²) in [5.41, 5.74) is 1.01. The smallest absolute Gasteiger partial charge is 0.319 e. The molecule has 3 rings (SSSR count). The van der Waals surface area contributed by atoms with Crippen molar-refractivity contribution in [3.63, 3.8) is 0 Å². The quantitative estimate of drug-likeness (QED) is 0.566. The normalized spacial score (nSPS) is 19.1. The number of amides is 2. The Morgan fingerprint density at radius 3 is 2.71 bits per heavy atom. The second-order valence-corrected chi connectivity index (χ2v) is 6.37. The number of benzene rings is 2. The molecular formula is C21H24N2O5. The van der Waals surface area contributed by atoms with Crippen molar-refractivity contribution in [1.29, 1.82) is 0 Å². The summed E-state index contributed by atoms with van der Waals surface area (Å²) in [7, 11) is 1.53. The summed E-state index contributed by atoms with van der Waals surface area (Å²) in [6.07, 6.45) is 0. The Morgan fingerprint density at radius 2 is 1.96 bits per heavy atom. The number of carbonyl (C=O) groups excluding carboxylic acids is 2. The van der Waals surface area contributed by atoms with Gasteiger partial charge in [-0.1, -0.05) is 36.9 Å². The molecule has 1 aliphatic rings. The van der Waals surface area contributed by atoms with Crippen LogP contribution in [0.15, 0.2) is 48.7 Å². The van der Waals surface area contributed by atoms with Gasteiger partial charge in [0, 0.05) is 18.4 Å². The van der Waals surface area contributed by atoms with E-state index in [9.17, 15) is 9.59 Å². The van der Waals surface area contributed by atoms with Crippen molar-refractivity contribution >= 4 is 22.8 Å². The molecule has 1 aliphatic heterocycles. The van der Waals surface area contributed by atoms with E-state index in [2.05, 4.69) is 17.2 Å². The van der Waals surface area contributed by atoms with E-state index in [0.717, 1.165) is 16.3 Å². The highest BCUT2D eigenvalue weighted by atomic mass is 16.6. The van der Waals surface area contributed by atoms with Crippen LogP contribution in [0, 0.1) is 5.92 Å². The van der Waals surface area contributed by atoms with E-state index >= 15 is 0 Å². The fourth-order valence-corrected chi connectivity index (χ4v) is 3.40. The van der Waals surface area contributed by atoms with Gasteiger partial charge in [0.05, 0.1) is 19.3 Å². The first-order chi connectivity index (χ1) is 13.6. The molecule has 28 heavy (non-hydrogen) atoms. The monoisotopic (exact) mass is 384 g/mol. The number of fused-ring (bicyclic) bond motifs is 1. The maximum atomic E-state index is 12.8. The van der Waals surface area contributed by atoms with Crippen LogP contribution in [-0.2, 0) is 14.3 Å². The maximum Gasteiger partial charge on any atom is 0.319 e. The average Bonchev–Trinajstić information content (AvgIpc) is 2.67. The third-order valence-electron chi connectivity index (χ3n) is 4.60. The maximum absolute atomic E-state index is 12.8. The minimum Gasteiger partial charge on any atom is -0.493 e. The number of carbonyl (C=O) groups is 2. The molecule has 0 spiro atoms. The Kier molecular flexibility index (Phi) is 6.16. The second-order valence-electron chi connectivity index (χ2n) is 6.37. The highest BCUT2D eigenvalue weighted by Crippen LogP contribution is 2.40. The molecule has 0 bridgehead atoms. The Hall–Kier alpha value is -3.06. The molecule has 1 fully saturated rings. The van der Waals surface area contributed by atoms with Crippen molar-refractivity contribution in [2.24, 2.45) is 5.92 Å². The summed E-state index contributed by atoms with van der Waals surface area (Å²) < 4.78 is 16.1. The van der Waals surface area contributed by atoms with Gasteiger partial charge in [0.25, 0.3) is 0 Å². The Labute approximate surface area is 163 Å². The fraction of sp³-hybridized carbons (Fsp3) is 0.333. The number of methoxy groups -OCH3 is 1. The molecule has 2 amide bonds. The number of esters is 1. The molecule has 0 aliphatic carbocycles. The van der Waals surface area contributed by atoms with Crippen LogP contribution < -0.4 is 15.4 Å². The first-order valence-corrected chi connectivity index (χ1v) is 9.13. The van der Waals surface area contributed by atoms with Crippen LogP contribution in [0.4, 0.5) is 4.79 Å². The highest BCUT2D eigenvalue weighted by Gasteiger charge is 2.41. The molecule has 7 heteroatoms. The predicted octanol–water partition coefficient (Wildman–Crippen LogP) is 2.91. The summed E-state index contributed by atoms with van der Waals surface area (Å²) >= 11 is 0. The summed E-state index contributed by atoms with van der Waals surface area (Å²) in [6, 6.07) is 10.5. The van der Waals surface area contributed by atoms with Gasteiger partial charge in [-0.2, -0.15) is 0 Å². The minimum absolute atomic E-state index is 0.119. The molecule has 2 aromatic carbocycles. The molecule has 0 unspecified atom stereocenters. The number of urea groups is 1. The molecule has 2 aromatic rings. The third-order valence-corrected chi connectivity index (χ3v) is 4.60. The number of ether oxygens (including phenoxy) is 3. The molecule has 148 valence electrons. The van der Waals surface area contributed by atoms with Crippen LogP contribution in [0.25, 0.3) is 10.8 Å². The lowest BCUT2D eigenvalue weighted by Crippen LogP contribution is -2.51. The minimum atomic E-state index is -0.806. The van der Waals surface area contributed by atoms with Crippen LogP contribution in [0.5, 0.6) is 5.75 Å².